The van der Waals surface area contributed by atoms with E-state index < -0.39 is 0 Å². The Bertz CT molecular complexity index is 2120. The van der Waals surface area contributed by atoms with E-state index in [1.807, 2.05) is 97.1 Å². The maximum atomic E-state index is 11.7. The van der Waals surface area contributed by atoms with Gasteiger partial charge in [-0.25, -0.2) is 19.9 Å². The monoisotopic (exact) mass is 972 g/mol. The largest absolute Gasteiger partial charge is 0.307 e. The third kappa shape index (κ3) is 16.9. The normalized spacial score (nSPS) is 9.44. The average molecular weight is 971 g/mol. The van der Waals surface area contributed by atoms with Crippen molar-refractivity contribution in [3.63, 3.8) is 0 Å². The number of rotatable bonds is 8. The van der Waals surface area contributed by atoms with Crippen LogP contribution >= 0.6 is 0 Å². The molecule has 61 heavy (non-hydrogen) atoms. The summed E-state index contributed by atoms with van der Waals surface area (Å²) >= 11 is 0. The zero-order valence-corrected chi connectivity index (χ0v) is 36.3. The van der Waals surface area contributed by atoms with Crippen LogP contribution in [0.15, 0.2) is 219 Å². The van der Waals surface area contributed by atoms with Crippen molar-refractivity contribution >= 4 is 46.9 Å². The van der Waals surface area contributed by atoms with Gasteiger partial charge >= 0.3 is 0 Å². The van der Waals surface area contributed by atoms with Gasteiger partial charge in [-0.3, -0.25) is 19.2 Å². The van der Waals surface area contributed by atoms with Crippen molar-refractivity contribution in [3.05, 3.63) is 241 Å². The summed E-state index contributed by atoms with van der Waals surface area (Å²) in [4.78, 5) is 62.7. The van der Waals surface area contributed by atoms with Gasteiger partial charge < -0.3 is 21.3 Å². The van der Waals surface area contributed by atoms with Crippen LogP contribution in [0.3, 0.4) is 0 Å². The van der Waals surface area contributed by atoms with Gasteiger partial charge in [0, 0.05) is 72.9 Å². The third-order valence-electron chi connectivity index (χ3n) is 7.77. The molecule has 0 aliphatic carbocycles. The molecule has 12 nitrogen and oxygen atoms in total. The Morgan fingerprint density at radius 3 is 0.607 bits per heavy atom. The first kappa shape index (κ1) is 45.9. The third-order valence-corrected chi connectivity index (χ3v) is 7.77. The molecule has 0 bridgehead atoms. The van der Waals surface area contributed by atoms with Crippen molar-refractivity contribution in [2.24, 2.45) is 0 Å². The molecule has 0 atom stereocenters. The molecule has 4 N–H and O–H groups in total. The quantitative estimate of drug-likeness (QED) is 0.109. The smallest absolute Gasteiger partial charge is 0.256 e. The van der Waals surface area contributed by atoms with Crippen molar-refractivity contribution in [2.45, 2.75) is 0 Å². The van der Waals surface area contributed by atoms with E-state index in [0.29, 0.717) is 45.5 Å². The molecule has 8 aromatic rings. The molecule has 0 fully saturated rings. The number of amides is 4. The number of nitrogens with zero attached hydrogens (tertiary/aromatic N) is 4. The number of hydrogen-bond acceptors (Lipinski definition) is 8. The molecule has 0 aliphatic heterocycles. The minimum atomic E-state index is -0.144. The fraction of sp³-hybridized carbons (Fsp3) is 0. The predicted molar refractivity (Wildman–Crippen MR) is 235 cm³/mol. The molecule has 13 heteroatoms. The number of pyridine rings is 4. The van der Waals surface area contributed by atoms with Gasteiger partial charge in [0.1, 0.15) is 23.3 Å². The van der Waals surface area contributed by atoms with E-state index in [4.69, 9.17) is 0 Å². The first-order chi connectivity index (χ1) is 29.4. The van der Waals surface area contributed by atoms with E-state index in [2.05, 4.69) is 41.2 Å². The van der Waals surface area contributed by atoms with Crippen molar-refractivity contribution in [1.82, 2.24) is 19.9 Å². The van der Waals surface area contributed by atoms with E-state index in [1.54, 1.807) is 122 Å². The molecule has 0 saturated heterocycles. The summed E-state index contributed by atoms with van der Waals surface area (Å²) in [7, 11) is 0. The Hall–Kier alpha value is -7.77. The summed E-state index contributed by atoms with van der Waals surface area (Å²) in [6.07, 6.45) is 6.56. The second-order valence-corrected chi connectivity index (χ2v) is 12.1. The van der Waals surface area contributed by atoms with E-state index in [1.165, 1.54) is 0 Å². The zero-order chi connectivity index (χ0) is 42.0. The van der Waals surface area contributed by atoms with Gasteiger partial charge in [0.05, 0.1) is 0 Å². The topological polar surface area (TPSA) is 168 Å². The molecule has 0 aliphatic rings. The maximum Gasteiger partial charge on any atom is 0.256 e. The Morgan fingerprint density at radius 1 is 0.262 bits per heavy atom. The Kier molecular flexibility index (Phi) is 19.8. The predicted octanol–water partition coefficient (Wildman–Crippen LogP) is 9.33. The number of hydrogen-bond donors (Lipinski definition) is 4. The van der Waals surface area contributed by atoms with Crippen LogP contribution < -0.4 is 21.3 Å². The van der Waals surface area contributed by atoms with E-state index in [0.717, 1.165) is 0 Å². The molecule has 4 amide bonds. The van der Waals surface area contributed by atoms with Crippen LogP contribution in [0.5, 0.6) is 0 Å². The molecule has 4 aromatic heterocycles. The second kappa shape index (κ2) is 26.3. The molecule has 0 saturated carbocycles. The SMILES string of the molecule is O=C(Nc1ccccn1)c1ccccc1.O=C(Nc1ccccn1)c1ccccc1.O=C(Nc1ccccn1)c1ccccc1.O=C(Nc1ccccn1)c1ccccc1.[Hf]. The van der Waals surface area contributed by atoms with Crippen molar-refractivity contribution < 1.29 is 45.0 Å². The molecular formula is C48H40HfN8O4. The van der Waals surface area contributed by atoms with Gasteiger partial charge in [0.15, 0.2) is 0 Å². The first-order valence-corrected chi connectivity index (χ1v) is 18.5. The summed E-state index contributed by atoms with van der Waals surface area (Å²) in [5.74, 6) is 1.67. The summed E-state index contributed by atoms with van der Waals surface area (Å²) in [6.45, 7) is 0. The average Bonchev–Trinajstić information content (AvgIpc) is 3.32. The Balaban J connectivity index is 0.000000178. The van der Waals surface area contributed by atoms with Crippen LogP contribution in [-0.4, -0.2) is 43.6 Å². The van der Waals surface area contributed by atoms with E-state index in [9.17, 15) is 19.2 Å². The molecule has 0 unspecified atom stereocenters. The van der Waals surface area contributed by atoms with Gasteiger partial charge in [-0.05, 0) is 97.1 Å². The fourth-order valence-electron chi connectivity index (χ4n) is 4.86. The van der Waals surface area contributed by atoms with E-state index in [-0.39, 0.29) is 49.5 Å². The van der Waals surface area contributed by atoms with Gasteiger partial charge in [0.2, 0.25) is 0 Å². The van der Waals surface area contributed by atoms with Gasteiger partial charge in [-0.2, -0.15) is 0 Å². The molecule has 0 radical (unpaired) electrons. The number of carbonyl (C=O) groups is 4. The van der Waals surface area contributed by atoms with Crippen LogP contribution in [0.25, 0.3) is 0 Å². The van der Waals surface area contributed by atoms with Crippen molar-refractivity contribution in [3.8, 4) is 0 Å². The molecule has 300 valence electrons. The van der Waals surface area contributed by atoms with Gasteiger partial charge in [-0.1, -0.05) is 97.1 Å². The van der Waals surface area contributed by atoms with Crippen LogP contribution in [0.1, 0.15) is 41.4 Å². The van der Waals surface area contributed by atoms with E-state index >= 15 is 0 Å². The summed E-state index contributed by atoms with van der Waals surface area (Å²) in [5.41, 5.74) is 2.51. The zero-order valence-electron chi connectivity index (χ0n) is 32.7. The molecular weight excluding hydrogens is 931 g/mol. The van der Waals surface area contributed by atoms with Crippen molar-refractivity contribution in [1.29, 1.82) is 0 Å². The molecule has 4 aromatic carbocycles. The minimum Gasteiger partial charge on any atom is -0.307 e. The number of carbonyl (C=O) groups excluding carboxylic acids is 4. The molecule has 0 spiro atoms. The summed E-state index contributed by atoms with van der Waals surface area (Å²) in [6, 6.07) is 57.7. The van der Waals surface area contributed by atoms with Crippen LogP contribution in [0, 0.1) is 0 Å². The summed E-state index contributed by atoms with van der Waals surface area (Å²) in [5, 5.41) is 10.8. The van der Waals surface area contributed by atoms with Gasteiger partial charge in [0.25, 0.3) is 23.6 Å². The van der Waals surface area contributed by atoms with Crippen molar-refractivity contribution in [2.75, 3.05) is 21.3 Å². The van der Waals surface area contributed by atoms with Crippen LogP contribution in [0.2, 0.25) is 0 Å². The maximum absolute atomic E-state index is 11.7. The number of aromatic nitrogens is 4. The molecule has 8 rings (SSSR count). The van der Waals surface area contributed by atoms with Crippen LogP contribution in [-0.2, 0) is 25.8 Å². The molecule has 4 heterocycles. The number of nitrogens with one attached hydrogen (secondary N) is 4. The van der Waals surface area contributed by atoms with Gasteiger partial charge in [-0.15, -0.1) is 0 Å². The number of benzene rings is 4. The Morgan fingerprint density at radius 2 is 0.443 bits per heavy atom. The summed E-state index contributed by atoms with van der Waals surface area (Å²) < 4.78 is 0. The Labute approximate surface area is 372 Å². The standard InChI is InChI=1S/4C12H10N2O.Hf/c4*15-12(10-6-2-1-3-7-10)14-11-8-4-5-9-13-11;/h4*1-9H,(H,13,14,15);. The first-order valence-electron chi connectivity index (χ1n) is 18.5. The minimum absolute atomic E-state index is 0. The fourth-order valence-corrected chi connectivity index (χ4v) is 4.86. The number of anilines is 4. The second-order valence-electron chi connectivity index (χ2n) is 12.1. The van der Waals surface area contributed by atoms with Crippen LogP contribution in [0.4, 0.5) is 23.3 Å².